The van der Waals surface area contributed by atoms with Crippen molar-refractivity contribution in [2.24, 2.45) is 5.92 Å². The molecule has 0 bridgehead atoms. The molecule has 1 saturated carbocycles. The van der Waals surface area contributed by atoms with E-state index in [2.05, 4.69) is 54.5 Å². The van der Waals surface area contributed by atoms with E-state index in [0.717, 1.165) is 25.4 Å². The predicted octanol–water partition coefficient (Wildman–Crippen LogP) is 2.94. The SMILES string of the molecule is CCCNC(CN(C)CCc1ccccc1)C1CC1. The fourth-order valence-electron chi connectivity index (χ4n) is 2.60. The Kier molecular flexibility index (Phi) is 5.87. The molecular weight excluding hydrogens is 232 g/mol. The van der Waals surface area contributed by atoms with Gasteiger partial charge in [0.15, 0.2) is 0 Å². The van der Waals surface area contributed by atoms with Gasteiger partial charge in [-0.3, -0.25) is 0 Å². The van der Waals surface area contributed by atoms with E-state index in [1.54, 1.807) is 0 Å². The van der Waals surface area contributed by atoms with Gasteiger partial charge >= 0.3 is 0 Å². The van der Waals surface area contributed by atoms with Gasteiger partial charge in [-0.25, -0.2) is 0 Å². The standard InChI is InChI=1S/C17H28N2/c1-3-12-18-17(16-9-10-16)14-19(2)13-11-15-7-5-4-6-8-15/h4-8,16-18H,3,9-14H2,1-2H3. The van der Waals surface area contributed by atoms with Crippen LogP contribution in [0.15, 0.2) is 30.3 Å². The number of rotatable bonds is 9. The van der Waals surface area contributed by atoms with Gasteiger partial charge in [-0.2, -0.15) is 0 Å². The second-order valence-electron chi connectivity index (χ2n) is 5.90. The van der Waals surface area contributed by atoms with Crippen molar-refractivity contribution >= 4 is 0 Å². The maximum absolute atomic E-state index is 3.72. The zero-order valence-electron chi connectivity index (χ0n) is 12.4. The monoisotopic (exact) mass is 260 g/mol. The van der Waals surface area contributed by atoms with Crippen LogP contribution in [0.25, 0.3) is 0 Å². The average molecular weight is 260 g/mol. The molecule has 1 unspecified atom stereocenters. The third kappa shape index (κ3) is 5.33. The lowest BCUT2D eigenvalue weighted by atomic mass is 10.1. The molecule has 2 rings (SSSR count). The molecular formula is C17H28N2. The van der Waals surface area contributed by atoms with Crippen LogP contribution < -0.4 is 5.32 Å². The lowest BCUT2D eigenvalue weighted by Gasteiger charge is -2.25. The summed E-state index contributed by atoms with van der Waals surface area (Å²) in [4.78, 5) is 2.48. The zero-order valence-corrected chi connectivity index (χ0v) is 12.4. The van der Waals surface area contributed by atoms with Crippen LogP contribution in [-0.2, 0) is 6.42 Å². The number of nitrogens with zero attached hydrogens (tertiary/aromatic N) is 1. The highest BCUT2D eigenvalue weighted by atomic mass is 15.1. The molecule has 1 aromatic carbocycles. The molecule has 0 saturated heterocycles. The van der Waals surface area contributed by atoms with Gasteiger partial charge in [0.25, 0.3) is 0 Å². The fourth-order valence-corrected chi connectivity index (χ4v) is 2.60. The van der Waals surface area contributed by atoms with Crippen molar-refractivity contribution in [3.8, 4) is 0 Å². The Hall–Kier alpha value is -0.860. The molecule has 1 N–H and O–H groups in total. The van der Waals surface area contributed by atoms with Gasteiger partial charge in [-0.15, -0.1) is 0 Å². The van der Waals surface area contributed by atoms with Crippen molar-refractivity contribution < 1.29 is 0 Å². The number of hydrogen-bond donors (Lipinski definition) is 1. The maximum Gasteiger partial charge on any atom is 0.0223 e. The van der Waals surface area contributed by atoms with Gasteiger partial charge in [0.2, 0.25) is 0 Å². The van der Waals surface area contributed by atoms with Crippen molar-refractivity contribution in [2.45, 2.75) is 38.6 Å². The Labute approximate surface area is 118 Å². The van der Waals surface area contributed by atoms with Gasteiger partial charge in [-0.1, -0.05) is 37.3 Å². The lowest BCUT2D eigenvalue weighted by Crippen LogP contribution is -2.42. The quantitative estimate of drug-likeness (QED) is 0.734. The highest BCUT2D eigenvalue weighted by molar-refractivity contribution is 5.14. The Bertz CT molecular complexity index is 346. The van der Waals surface area contributed by atoms with Gasteiger partial charge in [0, 0.05) is 19.1 Å². The van der Waals surface area contributed by atoms with Crippen molar-refractivity contribution in [3.63, 3.8) is 0 Å². The van der Waals surface area contributed by atoms with Crippen molar-refractivity contribution in [3.05, 3.63) is 35.9 Å². The first-order chi connectivity index (χ1) is 9.29. The smallest absolute Gasteiger partial charge is 0.0223 e. The Morgan fingerprint density at radius 2 is 2.00 bits per heavy atom. The molecule has 0 amide bonds. The van der Waals surface area contributed by atoms with Crippen LogP contribution in [0.5, 0.6) is 0 Å². The summed E-state index contributed by atoms with van der Waals surface area (Å²) in [6.45, 7) is 5.75. The van der Waals surface area contributed by atoms with Crippen LogP contribution in [-0.4, -0.2) is 37.6 Å². The summed E-state index contributed by atoms with van der Waals surface area (Å²) >= 11 is 0. The van der Waals surface area contributed by atoms with E-state index in [4.69, 9.17) is 0 Å². The highest BCUT2D eigenvalue weighted by Crippen LogP contribution is 2.32. The predicted molar refractivity (Wildman–Crippen MR) is 82.4 cm³/mol. The Morgan fingerprint density at radius 1 is 1.26 bits per heavy atom. The largest absolute Gasteiger partial charge is 0.312 e. The molecule has 106 valence electrons. The van der Waals surface area contributed by atoms with E-state index >= 15 is 0 Å². The first kappa shape index (κ1) is 14.5. The number of likely N-dealkylation sites (N-methyl/N-ethyl adjacent to an activating group) is 1. The lowest BCUT2D eigenvalue weighted by molar-refractivity contribution is 0.276. The van der Waals surface area contributed by atoms with E-state index < -0.39 is 0 Å². The number of hydrogen-bond acceptors (Lipinski definition) is 2. The summed E-state index contributed by atoms with van der Waals surface area (Å²) in [6, 6.07) is 11.5. The van der Waals surface area contributed by atoms with E-state index in [0.29, 0.717) is 6.04 Å². The summed E-state index contributed by atoms with van der Waals surface area (Å²) in [5, 5.41) is 3.72. The van der Waals surface area contributed by atoms with E-state index in [1.807, 2.05) is 0 Å². The molecule has 1 fully saturated rings. The van der Waals surface area contributed by atoms with Crippen molar-refractivity contribution in [1.29, 1.82) is 0 Å². The normalized spacial score (nSPS) is 16.8. The molecule has 0 aliphatic heterocycles. The van der Waals surface area contributed by atoms with E-state index in [1.165, 1.54) is 31.4 Å². The van der Waals surface area contributed by atoms with Gasteiger partial charge in [0.05, 0.1) is 0 Å². The minimum absolute atomic E-state index is 0.709. The molecule has 1 aliphatic rings. The molecule has 2 heteroatoms. The molecule has 2 nitrogen and oxygen atoms in total. The molecule has 0 heterocycles. The van der Waals surface area contributed by atoms with Crippen LogP contribution in [0.4, 0.5) is 0 Å². The van der Waals surface area contributed by atoms with Crippen molar-refractivity contribution in [2.75, 3.05) is 26.7 Å². The first-order valence-corrected chi connectivity index (χ1v) is 7.75. The zero-order chi connectivity index (χ0) is 13.5. The Morgan fingerprint density at radius 3 is 2.63 bits per heavy atom. The summed E-state index contributed by atoms with van der Waals surface area (Å²) in [5.74, 6) is 0.936. The third-order valence-electron chi connectivity index (χ3n) is 3.98. The maximum atomic E-state index is 3.72. The minimum Gasteiger partial charge on any atom is -0.312 e. The van der Waals surface area contributed by atoms with E-state index in [-0.39, 0.29) is 0 Å². The van der Waals surface area contributed by atoms with Gasteiger partial charge in [-0.05, 0) is 50.8 Å². The van der Waals surface area contributed by atoms with Crippen LogP contribution in [0.1, 0.15) is 31.7 Å². The minimum atomic E-state index is 0.709. The number of benzene rings is 1. The van der Waals surface area contributed by atoms with Crippen LogP contribution in [0.3, 0.4) is 0 Å². The average Bonchev–Trinajstić information content (AvgIpc) is 3.27. The summed E-state index contributed by atoms with van der Waals surface area (Å²) in [7, 11) is 2.26. The van der Waals surface area contributed by atoms with E-state index in [9.17, 15) is 0 Å². The van der Waals surface area contributed by atoms with Gasteiger partial charge < -0.3 is 10.2 Å². The Balaban J connectivity index is 1.71. The van der Waals surface area contributed by atoms with Crippen LogP contribution in [0.2, 0.25) is 0 Å². The van der Waals surface area contributed by atoms with Crippen LogP contribution in [0, 0.1) is 5.92 Å². The molecule has 0 spiro atoms. The molecule has 0 radical (unpaired) electrons. The second-order valence-corrected chi connectivity index (χ2v) is 5.90. The summed E-state index contributed by atoms with van der Waals surface area (Å²) < 4.78 is 0. The summed E-state index contributed by atoms with van der Waals surface area (Å²) in [6.07, 6.45) is 5.24. The number of nitrogens with one attached hydrogen (secondary N) is 1. The highest BCUT2D eigenvalue weighted by Gasteiger charge is 2.31. The summed E-state index contributed by atoms with van der Waals surface area (Å²) in [5.41, 5.74) is 1.44. The third-order valence-corrected chi connectivity index (χ3v) is 3.98. The first-order valence-electron chi connectivity index (χ1n) is 7.75. The van der Waals surface area contributed by atoms with Gasteiger partial charge in [0.1, 0.15) is 0 Å². The molecule has 19 heavy (non-hydrogen) atoms. The fraction of sp³-hybridized carbons (Fsp3) is 0.647. The molecule has 1 aromatic rings. The molecule has 1 aliphatic carbocycles. The molecule has 1 atom stereocenters. The van der Waals surface area contributed by atoms with Crippen molar-refractivity contribution in [1.82, 2.24) is 10.2 Å². The molecule has 0 aromatic heterocycles. The topological polar surface area (TPSA) is 15.3 Å². The van der Waals surface area contributed by atoms with Crippen LogP contribution >= 0.6 is 0 Å². The second kappa shape index (κ2) is 7.66.